The summed E-state index contributed by atoms with van der Waals surface area (Å²) in [5, 5.41) is 11.1. The standard InChI is InChI=1S/C22H30O4/c1-13(23)26-20-21(2)10-9-17-16-8-6-15(25-4)11-14(16)5-7-18(17)19(21)12-22(20,3)24/h6,8,11,17-20,24H,5,7,9-10,12H2,1-4H3/t17-,18+,19+,20-,21-,22-/m1/s1. The van der Waals surface area contributed by atoms with Crippen LogP contribution in [0.1, 0.15) is 63.5 Å². The van der Waals surface area contributed by atoms with Crippen LogP contribution >= 0.6 is 0 Å². The molecule has 26 heavy (non-hydrogen) atoms. The summed E-state index contributed by atoms with van der Waals surface area (Å²) in [6.45, 7) is 5.52. The summed E-state index contributed by atoms with van der Waals surface area (Å²) < 4.78 is 11.1. The minimum atomic E-state index is -0.944. The predicted octanol–water partition coefficient (Wildman–Crippen LogP) is 3.84. The van der Waals surface area contributed by atoms with Crippen molar-refractivity contribution in [2.24, 2.45) is 17.3 Å². The fourth-order valence-electron chi connectivity index (χ4n) is 6.43. The maximum Gasteiger partial charge on any atom is 0.303 e. The van der Waals surface area contributed by atoms with Crippen LogP contribution in [0.3, 0.4) is 0 Å². The van der Waals surface area contributed by atoms with Crippen LogP contribution in [0.15, 0.2) is 18.2 Å². The first-order chi connectivity index (χ1) is 12.3. The summed E-state index contributed by atoms with van der Waals surface area (Å²) in [7, 11) is 1.72. The molecule has 0 unspecified atom stereocenters. The lowest BCUT2D eigenvalue weighted by atomic mass is 9.55. The Kier molecular flexibility index (Phi) is 4.11. The smallest absolute Gasteiger partial charge is 0.303 e. The average molecular weight is 358 g/mol. The van der Waals surface area contributed by atoms with Crippen LogP contribution in [-0.4, -0.2) is 29.9 Å². The second kappa shape index (κ2) is 5.98. The van der Waals surface area contributed by atoms with Gasteiger partial charge in [0.1, 0.15) is 11.9 Å². The van der Waals surface area contributed by atoms with Crippen LogP contribution < -0.4 is 4.74 Å². The van der Waals surface area contributed by atoms with Crippen LogP contribution in [0.5, 0.6) is 5.75 Å². The first-order valence-corrected chi connectivity index (χ1v) is 9.82. The highest BCUT2D eigenvalue weighted by Crippen LogP contribution is 2.63. The van der Waals surface area contributed by atoms with Gasteiger partial charge in [-0.3, -0.25) is 4.79 Å². The van der Waals surface area contributed by atoms with Crippen LogP contribution in [0.25, 0.3) is 0 Å². The highest BCUT2D eigenvalue weighted by Gasteiger charge is 2.63. The molecule has 6 atom stereocenters. The highest BCUT2D eigenvalue weighted by molar-refractivity contribution is 5.66. The van der Waals surface area contributed by atoms with Crippen molar-refractivity contribution in [2.75, 3.05) is 7.11 Å². The van der Waals surface area contributed by atoms with Gasteiger partial charge < -0.3 is 14.6 Å². The number of fused-ring (bicyclic) bond motifs is 5. The molecule has 4 heteroatoms. The molecule has 1 aromatic carbocycles. The van der Waals surface area contributed by atoms with Gasteiger partial charge in [-0.05, 0) is 80.0 Å². The third-order valence-corrected chi connectivity index (χ3v) is 7.45. The highest BCUT2D eigenvalue weighted by atomic mass is 16.6. The molecule has 2 fully saturated rings. The molecule has 3 aliphatic rings. The maximum absolute atomic E-state index is 11.7. The SMILES string of the molecule is COc1ccc2c(c1)CC[C@H]1[C@@H]2CC[C@@]2(C)[C@@H](OC(C)=O)[C@](C)(O)C[C@@H]12. The number of hydrogen-bond acceptors (Lipinski definition) is 4. The van der Waals surface area contributed by atoms with Gasteiger partial charge in [0.2, 0.25) is 0 Å². The Bertz CT molecular complexity index is 725. The fraction of sp³-hybridized carbons (Fsp3) is 0.682. The molecule has 0 heterocycles. The van der Waals surface area contributed by atoms with E-state index in [2.05, 4.69) is 25.1 Å². The molecule has 0 amide bonds. The number of carbonyl (C=O) groups excluding carboxylic acids is 1. The van der Waals surface area contributed by atoms with Gasteiger partial charge in [0.25, 0.3) is 0 Å². The van der Waals surface area contributed by atoms with Gasteiger partial charge in [-0.15, -0.1) is 0 Å². The monoisotopic (exact) mass is 358 g/mol. The largest absolute Gasteiger partial charge is 0.497 e. The van der Waals surface area contributed by atoms with Crippen LogP contribution in [0, 0.1) is 17.3 Å². The molecule has 4 nitrogen and oxygen atoms in total. The molecular weight excluding hydrogens is 328 g/mol. The molecule has 0 aliphatic heterocycles. The molecule has 1 aromatic rings. The van der Waals surface area contributed by atoms with Gasteiger partial charge in [0, 0.05) is 12.3 Å². The molecule has 0 spiro atoms. The van der Waals surface area contributed by atoms with E-state index in [0.29, 0.717) is 24.2 Å². The van der Waals surface area contributed by atoms with Crippen molar-refractivity contribution in [3.63, 3.8) is 0 Å². The lowest BCUT2D eigenvalue weighted by Gasteiger charge is -2.50. The molecule has 142 valence electrons. The lowest BCUT2D eigenvalue weighted by molar-refractivity contribution is -0.170. The molecule has 0 radical (unpaired) electrons. The minimum Gasteiger partial charge on any atom is -0.497 e. The zero-order valence-corrected chi connectivity index (χ0v) is 16.2. The predicted molar refractivity (Wildman–Crippen MR) is 99.2 cm³/mol. The van der Waals surface area contributed by atoms with Gasteiger partial charge >= 0.3 is 5.97 Å². The number of hydrogen-bond donors (Lipinski definition) is 1. The Hall–Kier alpha value is -1.55. The second-order valence-electron chi connectivity index (χ2n) is 9.08. The second-order valence-corrected chi connectivity index (χ2v) is 9.08. The van der Waals surface area contributed by atoms with E-state index in [1.54, 1.807) is 7.11 Å². The first kappa shape index (κ1) is 17.8. The molecule has 1 N–H and O–H groups in total. The van der Waals surface area contributed by atoms with Gasteiger partial charge in [0.15, 0.2) is 0 Å². The third-order valence-electron chi connectivity index (χ3n) is 7.45. The zero-order chi connectivity index (χ0) is 18.7. The van der Waals surface area contributed by atoms with E-state index in [4.69, 9.17) is 9.47 Å². The van der Waals surface area contributed by atoms with Crippen LogP contribution in [0.4, 0.5) is 0 Å². The van der Waals surface area contributed by atoms with E-state index in [9.17, 15) is 9.90 Å². The Balaban J connectivity index is 1.67. The van der Waals surface area contributed by atoms with Crippen LogP contribution in [0.2, 0.25) is 0 Å². The number of esters is 1. The zero-order valence-electron chi connectivity index (χ0n) is 16.2. The maximum atomic E-state index is 11.7. The number of ether oxygens (including phenoxy) is 2. The number of methoxy groups -OCH3 is 1. The Labute approximate surface area is 155 Å². The lowest BCUT2D eigenvalue weighted by Crippen LogP contribution is -2.48. The van der Waals surface area contributed by atoms with Gasteiger partial charge in [-0.2, -0.15) is 0 Å². The number of carbonyl (C=O) groups is 1. The number of aryl methyl sites for hydroxylation is 1. The van der Waals surface area contributed by atoms with Crippen molar-refractivity contribution < 1.29 is 19.4 Å². The quantitative estimate of drug-likeness (QED) is 0.816. The van der Waals surface area contributed by atoms with Crippen molar-refractivity contribution in [1.82, 2.24) is 0 Å². The van der Waals surface area contributed by atoms with E-state index >= 15 is 0 Å². The van der Waals surface area contributed by atoms with Crippen LogP contribution in [-0.2, 0) is 16.0 Å². The molecule has 3 aliphatic carbocycles. The third kappa shape index (κ3) is 2.57. The molecule has 4 rings (SSSR count). The molecule has 0 bridgehead atoms. The van der Waals surface area contributed by atoms with E-state index in [-0.39, 0.29) is 11.4 Å². The molecular formula is C22H30O4. The van der Waals surface area contributed by atoms with E-state index in [1.807, 2.05) is 6.92 Å². The topological polar surface area (TPSA) is 55.8 Å². The molecule has 0 saturated heterocycles. The van der Waals surface area contributed by atoms with Gasteiger partial charge in [0.05, 0.1) is 12.7 Å². The summed E-state index contributed by atoms with van der Waals surface area (Å²) in [6.07, 6.45) is 4.57. The Morgan fingerprint density at radius 1 is 1.27 bits per heavy atom. The first-order valence-electron chi connectivity index (χ1n) is 9.82. The summed E-state index contributed by atoms with van der Waals surface area (Å²) in [5.74, 6) is 2.11. The van der Waals surface area contributed by atoms with Gasteiger partial charge in [-0.25, -0.2) is 0 Å². The van der Waals surface area contributed by atoms with E-state index in [0.717, 1.165) is 31.4 Å². The summed E-state index contributed by atoms with van der Waals surface area (Å²) >= 11 is 0. The number of benzene rings is 1. The van der Waals surface area contributed by atoms with Crippen molar-refractivity contribution in [3.05, 3.63) is 29.3 Å². The van der Waals surface area contributed by atoms with Crippen molar-refractivity contribution in [3.8, 4) is 5.75 Å². The van der Waals surface area contributed by atoms with E-state index in [1.165, 1.54) is 18.1 Å². The number of rotatable bonds is 2. The summed E-state index contributed by atoms with van der Waals surface area (Å²) in [5.41, 5.74) is 1.79. The van der Waals surface area contributed by atoms with Crippen molar-refractivity contribution >= 4 is 5.97 Å². The van der Waals surface area contributed by atoms with E-state index < -0.39 is 11.7 Å². The molecule has 0 aromatic heterocycles. The van der Waals surface area contributed by atoms with Gasteiger partial charge in [-0.1, -0.05) is 13.0 Å². The number of aliphatic hydroxyl groups is 1. The average Bonchev–Trinajstić information content (AvgIpc) is 2.80. The fourth-order valence-corrected chi connectivity index (χ4v) is 6.43. The Morgan fingerprint density at radius 3 is 2.73 bits per heavy atom. The summed E-state index contributed by atoms with van der Waals surface area (Å²) in [4.78, 5) is 11.7. The normalized spacial score (nSPS) is 41.0. The van der Waals surface area contributed by atoms with Crippen molar-refractivity contribution in [2.45, 2.75) is 70.5 Å². The Morgan fingerprint density at radius 2 is 2.04 bits per heavy atom. The molecule has 2 saturated carbocycles. The van der Waals surface area contributed by atoms with Crippen molar-refractivity contribution in [1.29, 1.82) is 0 Å². The summed E-state index contributed by atoms with van der Waals surface area (Å²) in [6, 6.07) is 6.50. The minimum absolute atomic E-state index is 0.139.